The van der Waals surface area contributed by atoms with Crippen LogP contribution in [0, 0.1) is 18.3 Å². The lowest BCUT2D eigenvalue weighted by Gasteiger charge is -2.27. The Morgan fingerprint density at radius 2 is 2.21 bits per heavy atom. The largest absolute Gasteiger partial charge is 0.493 e. The van der Waals surface area contributed by atoms with Gasteiger partial charge in [-0.1, -0.05) is 18.2 Å². The molecule has 2 aliphatic rings. The molecule has 0 aliphatic carbocycles. The van der Waals surface area contributed by atoms with E-state index in [4.69, 9.17) is 4.74 Å². The van der Waals surface area contributed by atoms with Crippen molar-refractivity contribution in [1.29, 1.82) is 0 Å². The number of hydrogen-bond donors (Lipinski definition) is 1. The lowest BCUT2D eigenvalue weighted by molar-refractivity contribution is -0.150. The molecule has 1 fully saturated rings. The molecule has 2 atom stereocenters. The van der Waals surface area contributed by atoms with Gasteiger partial charge in [0.2, 0.25) is 0 Å². The van der Waals surface area contributed by atoms with Crippen LogP contribution in [-0.4, -0.2) is 35.8 Å². The van der Waals surface area contributed by atoms with E-state index in [9.17, 15) is 9.90 Å². The van der Waals surface area contributed by atoms with Gasteiger partial charge < -0.3 is 14.7 Å². The van der Waals surface area contributed by atoms with Gasteiger partial charge in [-0.15, -0.1) is 0 Å². The molecule has 0 bridgehead atoms. The molecule has 0 saturated carbocycles. The van der Waals surface area contributed by atoms with Gasteiger partial charge >= 0.3 is 5.97 Å². The van der Waals surface area contributed by atoms with Crippen molar-refractivity contribution in [3.8, 4) is 5.75 Å². The summed E-state index contributed by atoms with van der Waals surface area (Å²) in [5.41, 5.74) is 2.13. The highest BCUT2D eigenvalue weighted by molar-refractivity contribution is 5.78. The molecule has 2 aliphatic heterocycles. The van der Waals surface area contributed by atoms with Gasteiger partial charge in [-0.25, -0.2) is 0 Å². The van der Waals surface area contributed by atoms with Crippen molar-refractivity contribution in [3.63, 3.8) is 0 Å². The number of anilines is 1. The summed E-state index contributed by atoms with van der Waals surface area (Å²) in [7, 11) is 0. The normalized spacial score (nSPS) is 25.4. The van der Waals surface area contributed by atoms with Gasteiger partial charge in [0.15, 0.2) is 0 Å². The summed E-state index contributed by atoms with van der Waals surface area (Å²) in [5.74, 6) is 0.0378. The van der Waals surface area contributed by atoms with Crippen molar-refractivity contribution < 1.29 is 14.6 Å². The second kappa shape index (κ2) is 5.51. The number of para-hydroxylation sites is 1. The minimum atomic E-state index is -0.816. The number of carboxylic acids is 1. The number of fused-ring (bicyclic) bond motifs is 2. The minimum absolute atomic E-state index is 0.0455. The average molecular weight is 324 g/mol. The van der Waals surface area contributed by atoms with Crippen molar-refractivity contribution >= 4 is 11.7 Å². The number of hydrogen-bond acceptors (Lipinski definition) is 4. The Bertz CT molecular complexity index is 792. The molecule has 5 heteroatoms. The zero-order valence-corrected chi connectivity index (χ0v) is 13.6. The number of ether oxygens (including phenoxy) is 1. The number of aryl methyl sites for hydroxylation is 1. The number of benzene rings is 1. The van der Waals surface area contributed by atoms with E-state index in [1.54, 1.807) is 6.20 Å². The molecule has 0 radical (unpaired) electrons. The maximum Gasteiger partial charge on any atom is 0.312 e. The van der Waals surface area contributed by atoms with Gasteiger partial charge in [0, 0.05) is 36.6 Å². The third-order valence-electron chi connectivity index (χ3n) is 5.29. The number of carboxylic acid groups (broad SMARTS) is 1. The SMILES string of the molecule is Cc1cc(N2C[C@H]3COc4ccccc4C[C@@]3(C(=O)O)C2)ccn1. The molecule has 1 saturated heterocycles. The molecule has 24 heavy (non-hydrogen) atoms. The predicted molar refractivity (Wildman–Crippen MR) is 90.4 cm³/mol. The first-order valence-corrected chi connectivity index (χ1v) is 8.20. The molecule has 1 N–H and O–H groups in total. The zero-order chi connectivity index (χ0) is 16.7. The van der Waals surface area contributed by atoms with Gasteiger partial charge in [-0.3, -0.25) is 9.78 Å². The van der Waals surface area contributed by atoms with E-state index in [1.807, 2.05) is 43.3 Å². The van der Waals surface area contributed by atoms with E-state index in [0.717, 1.165) is 22.7 Å². The summed E-state index contributed by atoms with van der Waals surface area (Å²) < 4.78 is 5.94. The molecule has 124 valence electrons. The molecule has 0 amide bonds. The van der Waals surface area contributed by atoms with E-state index in [1.165, 1.54) is 0 Å². The topological polar surface area (TPSA) is 62.7 Å². The van der Waals surface area contributed by atoms with E-state index < -0.39 is 11.4 Å². The summed E-state index contributed by atoms with van der Waals surface area (Å²) in [6.07, 6.45) is 2.28. The van der Waals surface area contributed by atoms with Crippen molar-refractivity contribution in [2.75, 3.05) is 24.6 Å². The van der Waals surface area contributed by atoms with Gasteiger partial charge in [0.25, 0.3) is 0 Å². The van der Waals surface area contributed by atoms with E-state index in [-0.39, 0.29) is 5.92 Å². The van der Waals surface area contributed by atoms with Crippen molar-refractivity contribution in [3.05, 3.63) is 53.9 Å². The molecule has 1 aromatic carbocycles. The molecule has 3 heterocycles. The van der Waals surface area contributed by atoms with Gasteiger partial charge in [-0.2, -0.15) is 0 Å². The summed E-state index contributed by atoms with van der Waals surface area (Å²) in [6, 6.07) is 11.7. The zero-order valence-electron chi connectivity index (χ0n) is 13.6. The standard InChI is InChI=1S/C19H20N2O3/c1-13-8-16(6-7-20-13)21-10-15-11-24-17-5-3-2-4-14(17)9-19(15,12-21)18(22)23/h2-8,15H,9-12H2,1H3,(H,22,23)/t15-,19+/m0/s1. The Morgan fingerprint density at radius 1 is 1.38 bits per heavy atom. The van der Waals surface area contributed by atoms with Gasteiger partial charge in [-0.05, 0) is 37.1 Å². The Labute approximate surface area is 140 Å². The third-order valence-corrected chi connectivity index (χ3v) is 5.29. The van der Waals surface area contributed by atoms with Crippen LogP contribution >= 0.6 is 0 Å². The maximum absolute atomic E-state index is 12.3. The second-order valence-electron chi connectivity index (χ2n) is 6.79. The van der Waals surface area contributed by atoms with Crippen LogP contribution in [0.3, 0.4) is 0 Å². The molecule has 0 spiro atoms. The molecule has 2 aromatic rings. The summed E-state index contributed by atoms with van der Waals surface area (Å²) in [6.45, 7) is 3.56. The monoisotopic (exact) mass is 324 g/mol. The molecular formula is C19H20N2O3. The maximum atomic E-state index is 12.3. The third kappa shape index (κ3) is 2.31. The Hall–Kier alpha value is -2.56. The number of pyridine rings is 1. The minimum Gasteiger partial charge on any atom is -0.493 e. The van der Waals surface area contributed by atoms with Crippen LogP contribution in [0.4, 0.5) is 5.69 Å². The summed E-state index contributed by atoms with van der Waals surface area (Å²) in [4.78, 5) is 18.7. The van der Waals surface area contributed by atoms with Crippen LogP contribution in [0.15, 0.2) is 42.6 Å². The first kappa shape index (κ1) is 15.0. The van der Waals surface area contributed by atoms with Crippen molar-refractivity contribution in [2.45, 2.75) is 13.3 Å². The molecule has 1 aromatic heterocycles. The number of carbonyl (C=O) groups is 1. The molecular weight excluding hydrogens is 304 g/mol. The number of aromatic nitrogens is 1. The second-order valence-corrected chi connectivity index (χ2v) is 6.79. The average Bonchev–Trinajstić information content (AvgIpc) is 2.86. The number of nitrogens with zero attached hydrogens (tertiary/aromatic N) is 2. The fourth-order valence-electron chi connectivity index (χ4n) is 3.95. The predicted octanol–water partition coefficient (Wildman–Crippen LogP) is 2.53. The van der Waals surface area contributed by atoms with Crippen LogP contribution in [0.1, 0.15) is 11.3 Å². The van der Waals surface area contributed by atoms with Crippen LogP contribution in [0.25, 0.3) is 0 Å². The lowest BCUT2D eigenvalue weighted by Crippen LogP contribution is -2.42. The van der Waals surface area contributed by atoms with Crippen LogP contribution in [0.2, 0.25) is 0 Å². The van der Waals surface area contributed by atoms with E-state index >= 15 is 0 Å². The molecule has 5 nitrogen and oxygen atoms in total. The van der Waals surface area contributed by atoms with Crippen molar-refractivity contribution in [2.24, 2.45) is 11.3 Å². The summed E-state index contributed by atoms with van der Waals surface area (Å²) >= 11 is 0. The highest BCUT2D eigenvalue weighted by Gasteiger charge is 2.54. The summed E-state index contributed by atoms with van der Waals surface area (Å²) in [5, 5.41) is 10.1. The van der Waals surface area contributed by atoms with Crippen LogP contribution < -0.4 is 9.64 Å². The fourth-order valence-corrected chi connectivity index (χ4v) is 3.95. The first-order chi connectivity index (χ1) is 11.6. The van der Waals surface area contributed by atoms with Crippen LogP contribution in [-0.2, 0) is 11.2 Å². The Kier molecular flexibility index (Phi) is 3.44. The number of rotatable bonds is 2. The quantitative estimate of drug-likeness (QED) is 0.920. The lowest BCUT2D eigenvalue weighted by atomic mass is 9.74. The van der Waals surface area contributed by atoms with Gasteiger partial charge in [0.05, 0.1) is 12.0 Å². The smallest absolute Gasteiger partial charge is 0.312 e. The number of aliphatic carboxylic acids is 1. The molecule has 4 rings (SSSR count). The van der Waals surface area contributed by atoms with E-state index in [0.29, 0.717) is 26.1 Å². The first-order valence-electron chi connectivity index (χ1n) is 8.20. The molecule has 0 unspecified atom stereocenters. The highest BCUT2D eigenvalue weighted by Crippen LogP contribution is 2.45. The fraction of sp³-hybridized carbons (Fsp3) is 0.368. The van der Waals surface area contributed by atoms with Crippen molar-refractivity contribution in [1.82, 2.24) is 4.98 Å². The highest BCUT2D eigenvalue weighted by atomic mass is 16.5. The van der Waals surface area contributed by atoms with Gasteiger partial charge in [0.1, 0.15) is 5.75 Å². The van der Waals surface area contributed by atoms with Crippen LogP contribution in [0.5, 0.6) is 5.75 Å². The Morgan fingerprint density at radius 3 is 3.00 bits per heavy atom. The Balaban J connectivity index is 1.72. The van der Waals surface area contributed by atoms with E-state index in [2.05, 4.69) is 9.88 Å².